The molecular formula is C29H20BrFN2O3. The van der Waals surface area contributed by atoms with Crippen LogP contribution in [0.3, 0.4) is 0 Å². The molecule has 2 aliphatic heterocycles. The molecule has 0 aliphatic carbocycles. The van der Waals surface area contributed by atoms with Gasteiger partial charge in [-0.2, -0.15) is 0 Å². The predicted octanol–water partition coefficient (Wildman–Crippen LogP) is 5.96. The maximum atomic E-state index is 14.5. The van der Waals surface area contributed by atoms with Crippen LogP contribution in [0.1, 0.15) is 17.2 Å². The van der Waals surface area contributed by atoms with Crippen molar-refractivity contribution < 1.29 is 18.8 Å². The van der Waals surface area contributed by atoms with Gasteiger partial charge in [0.05, 0.1) is 11.4 Å². The van der Waals surface area contributed by atoms with E-state index in [9.17, 15) is 14.0 Å². The molecule has 3 unspecified atom stereocenters. The van der Waals surface area contributed by atoms with Gasteiger partial charge in [0, 0.05) is 4.47 Å². The van der Waals surface area contributed by atoms with E-state index in [2.05, 4.69) is 15.9 Å². The number of hydroxylamine groups is 1. The van der Waals surface area contributed by atoms with Gasteiger partial charge in [-0.05, 0) is 59.7 Å². The van der Waals surface area contributed by atoms with Crippen LogP contribution in [-0.2, 0) is 19.8 Å². The first kappa shape index (κ1) is 22.6. The molecule has 6 rings (SSSR count). The second-order valence-corrected chi connectivity index (χ2v) is 9.71. The molecule has 4 aromatic rings. The summed E-state index contributed by atoms with van der Waals surface area (Å²) < 4.78 is 14.8. The summed E-state index contributed by atoms with van der Waals surface area (Å²) in [6.07, 6.45) is -1.12. The van der Waals surface area contributed by atoms with Gasteiger partial charge < -0.3 is 0 Å². The van der Waals surface area contributed by atoms with Crippen LogP contribution < -0.4 is 9.96 Å². The second kappa shape index (κ2) is 8.69. The number of anilines is 2. The molecule has 0 N–H and O–H groups in total. The molecule has 7 heteroatoms. The van der Waals surface area contributed by atoms with Crippen LogP contribution in [0.5, 0.6) is 0 Å². The Morgan fingerprint density at radius 2 is 1.36 bits per heavy atom. The number of fused-ring (bicyclic) bond motifs is 1. The van der Waals surface area contributed by atoms with Crippen molar-refractivity contribution >= 4 is 39.1 Å². The lowest BCUT2D eigenvalue weighted by atomic mass is 9.69. The number of benzene rings is 4. The molecule has 3 atom stereocenters. The minimum atomic E-state index is -1.40. The predicted molar refractivity (Wildman–Crippen MR) is 138 cm³/mol. The van der Waals surface area contributed by atoms with Gasteiger partial charge in [-0.1, -0.05) is 76.6 Å². The Bertz CT molecular complexity index is 1430. The number of nitrogens with zero attached hydrogens (tertiary/aromatic N) is 2. The Kier molecular flexibility index (Phi) is 5.47. The van der Waals surface area contributed by atoms with Gasteiger partial charge in [0.25, 0.3) is 5.91 Å². The Morgan fingerprint density at radius 1 is 0.750 bits per heavy atom. The van der Waals surface area contributed by atoms with Gasteiger partial charge in [-0.3, -0.25) is 14.4 Å². The summed E-state index contributed by atoms with van der Waals surface area (Å²) in [5, 5.41) is 1.62. The fourth-order valence-corrected chi connectivity index (χ4v) is 5.53. The van der Waals surface area contributed by atoms with Crippen LogP contribution in [0.4, 0.5) is 15.8 Å². The van der Waals surface area contributed by atoms with Gasteiger partial charge in [0.1, 0.15) is 17.3 Å². The lowest BCUT2D eigenvalue weighted by molar-refractivity contribution is -0.126. The molecule has 5 nitrogen and oxygen atoms in total. The first-order valence-electron chi connectivity index (χ1n) is 11.5. The number of hydrogen-bond acceptors (Lipinski definition) is 4. The molecule has 36 heavy (non-hydrogen) atoms. The molecular weight excluding hydrogens is 523 g/mol. The van der Waals surface area contributed by atoms with E-state index >= 15 is 0 Å². The molecule has 0 bridgehead atoms. The quantitative estimate of drug-likeness (QED) is 0.298. The fraction of sp³-hybridized carbons (Fsp3) is 0.103. The molecule has 2 heterocycles. The van der Waals surface area contributed by atoms with E-state index in [0.29, 0.717) is 22.5 Å². The maximum absolute atomic E-state index is 14.5. The Balaban J connectivity index is 1.61. The molecule has 178 valence electrons. The number of carbonyl (C=O) groups is 2. The zero-order chi connectivity index (χ0) is 24.9. The minimum absolute atomic E-state index is 0.389. The van der Waals surface area contributed by atoms with E-state index in [-0.39, 0.29) is 5.82 Å². The molecule has 0 spiro atoms. The van der Waals surface area contributed by atoms with Crippen molar-refractivity contribution in [1.29, 1.82) is 0 Å². The summed E-state index contributed by atoms with van der Waals surface area (Å²) in [6.45, 7) is 0. The topological polar surface area (TPSA) is 49.9 Å². The Morgan fingerprint density at radius 3 is 2.00 bits per heavy atom. The number of hydrogen-bond donors (Lipinski definition) is 0. The molecule has 0 aromatic heterocycles. The van der Waals surface area contributed by atoms with Crippen molar-refractivity contribution in [3.8, 4) is 0 Å². The third-order valence-corrected chi connectivity index (χ3v) is 7.36. The molecule has 2 fully saturated rings. The van der Waals surface area contributed by atoms with Crippen LogP contribution in [0.15, 0.2) is 114 Å². The summed E-state index contributed by atoms with van der Waals surface area (Å²) in [7, 11) is 0. The average Bonchev–Trinajstić information content (AvgIpc) is 3.38. The number of para-hydroxylation sites is 1. The SMILES string of the molecule is O=C1C2ON(c3ccccc3)C(c3ccc(F)cc3)C2(c2ccccc2)C(=O)N1c1ccc(Br)cc1. The number of rotatable bonds is 4. The Labute approximate surface area is 215 Å². The van der Waals surface area contributed by atoms with Gasteiger partial charge in [-0.15, -0.1) is 0 Å². The third kappa shape index (κ3) is 3.31. The van der Waals surface area contributed by atoms with Crippen molar-refractivity contribution in [2.75, 3.05) is 9.96 Å². The van der Waals surface area contributed by atoms with Crippen LogP contribution in [0.25, 0.3) is 0 Å². The highest BCUT2D eigenvalue weighted by molar-refractivity contribution is 9.10. The van der Waals surface area contributed by atoms with Crippen molar-refractivity contribution in [3.05, 3.63) is 131 Å². The van der Waals surface area contributed by atoms with Crippen LogP contribution >= 0.6 is 15.9 Å². The normalized spacial score (nSPS) is 23.3. The molecule has 0 saturated carbocycles. The molecule has 4 aromatic carbocycles. The summed E-state index contributed by atoms with van der Waals surface area (Å²) in [5.41, 5.74) is 1.06. The van der Waals surface area contributed by atoms with E-state index in [1.807, 2.05) is 60.7 Å². The number of halogens is 2. The third-order valence-electron chi connectivity index (χ3n) is 6.83. The smallest absolute Gasteiger partial charge is 0.267 e. The largest absolute Gasteiger partial charge is 0.273 e. The van der Waals surface area contributed by atoms with Crippen molar-refractivity contribution in [3.63, 3.8) is 0 Å². The van der Waals surface area contributed by atoms with E-state index in [1.165, 1.54) is 17.0 Å². The summed E-state index contributed by atoms with van der Waals surface area (Å²) in [5.74, 6) is -1.23. The van der Waals surface area contributed by atoms with Crippen LogP contribution in [0.2, 0.25) is 0 Å². The number of carbonyl (C=O) groups excluding carboxylic acids is 2. The zero-order valence-corrected chi connectivity index (χ0v) is 20.5. The summed E-state index contributed by atoms with van der Waals surface area (Å²) >= 11 is 3.41. The second-order valence-electron chi connectivity index (χ2n) is 8.79. The van der Waals surface area contributed by atoms with Gasteiger partial charge in [0.15, 0.2) is 6.10 Å². The Hall–Kier alpha value is -3.81. The molecule has 2 saturated heterocycles. The highest BCUT2D eigenvalue weighted by Crippen LogP contribution is 2.57. The van der Waals surface area contributed by atoms with Crippen LogP contribution in [0, 0.1) is 5.82 Å². The lowest BCUT2D eigenvalue weighted by Crippen LogP contribution is -2.46. The molecule has 0 radical (unpaired) electrons. The molecule has 2 aliphatic rings. The summed E-state index contributed by atoms with van der Waals surface area (Å²) in [4.78, 5) is 36.1. The first-order valence-corrected chi connectivity index (χ1v) is 12.3. The standard InChI is InChI=1S/C29H20BrFN2O3/c30-21-13-17-23(18-14-21)32-27(34)26-29(28(32)35,20-7-3-1-4-8-20)25(19-11-15-22(31)16-12-19)33(36-26)24-9-5-2-6-10-24/h1-18,25-26H. The minimum Gasteiger partial charge on any atom is -0.273 e. The van der Waals surface area contributed by atoms with Gasteiger partial charge >= 0.3 is 0 Å². The molecule has 2 amide bonds. The van der Waals surface area contributed by atoms with Gasteiger partial charge in [0.2, 0.25) is 5.91 Å². The fourth-order valence-electron chi connectivity index (χ4n) is 5.27. The zero-order valence-electron chi connectivity index (χ0n) is 18.9. The van der Waals surface area contributed by atoms with E-state index in [4.69, 9.17) is 4.84 Å². The average molecular weight is 543 g/mol. The number of imide groups is 1. The highest BCUT2D eigenvalue weighted by Gasteiger charge is 2.72. The van der Waals surface area contributed by atoms with Crippen molar-refractivity contribution in [1.82, 2.24) is 0 Å². The van der Waals surface area contributed by atoms with E-state index in [1.54, 1.807) is 41.5 Å². The van der Waals surface area contributed by atoms with Crippen molar-refractivity contribution in [2.45, 2.75) is 17.6 Å². The monoisotopic (exact) mass is 542 g/mol. The van der Waals surface area contributed by atoms with Crippen molar-refractivity contribution in [2.24, 2.45) is 0 Å². The van der Waals surface area contributed by atoms with E-state index < -0.39 is 29.4 Å². The van der Waals surface area contributed by atoms with E-state index in [0.717, 1.165) is 4.47 Å². The van der Waals surface area contributed by atoms with Gasteiger partial charge in [-0.25, -0.2) is 14.4 Å². The first-order chi connectivity index (χ1) is 17.5. The maximum Gasteiger partial charge on any atom is 0.267 e. The number of amides is 2. The highest BCUT2D eigenvalue weighted by atomic mass is 79.9. The van der Waals surface area contributed by atoms with Crippen LogP contribution in [-0.4, -0.2) is 17.9 Å². The summed E-state index contributed by atoms with van der Waals surface area (Å²) in [6, 6.07) is 30.9. The lowest BCUT2D eigenvalue weighted by Gasteiger charge is -2.35.